The molecule has 128 valence electrons. The van der Waals surface area contributed by atoms with Crippen molar-refractivity contribution in [2.45, 2.75) is 51.5 Å². The second kappa shape index (κ2) is 9.76. The summed E-state index contributed by atoms with van der Waals surface area (Å²) >= 11 is 0. The Morgan fingerprint density at radius 3 is 2.42 bits per heavy atom. The van der Waals surface area contributed by atoms with E-state index in [1.807, 2.05) is 30.3 Å². The van der Waals surface area contributed by atoms with Crippen molar-refractivity contribution in [1.29, 1.82) is 0 Å². The van der Waals surface area contributed by atoms with E-state index >= 15 is 0 Å². The highest BCUT2D eigenvalue weighted by molar-refractivity contribution is 5.76. The molecule has 0 saturated heterocycles. The molecule has 0 saturated carbocycles. The second-order valence-corrected chi connectivity index (χ2v) is 6.28. The number of hydrogen-bond acceptors (Lipinski definition) is 2. The monoisotopic (exact) mass is 324 g/mol. The quantitative estimate of drug-likeness (QED) is 0.682. The van der Waals surface area contributed by atoms with Crippen LogP contribution in [0.2, 0.25) is 0 Å². The minimum absolute atomic E-state index is 0.116. The number of nitrogens with two attached hydrogens (primary N) is 1. The van der Waals surface area contributed by atoms with Crippen LogP contribution < -0.4 is 11.1 Å². The third kappa shape index (κ3) is 6.07. The molecule has 0 aliphatic carbocycles. The predicted octanol–water partition coefficient (Wildman–Crippen LogP) is 4.12. The summed E-state index contributed by atoms with van der Waals surface area (Å²) in [5.41, 5.74) is 9.07. The van der Waals surface area contributed by atoms with Crippen LogP contribution in [0.5, 0.6) is 0 Å². The van der Waals surface area contributed by atoms with Crippen LogP contribution in [-0.4, -0.2) is 11.9 Å². The SMILES string of the molecule is CCCC(CCc1ccccc1)NC(=O)CCc1ccccc1N. The average Bonchev–Trinajstić information content (AvgIpc) is 2.60. The number of carbonyl (C=O) groups is 1. The molecule has 1 unspecified atom stereocenters. The van der Waals surface area contributed by atoms with Crippen LogP contribution in [0.1, 0.15) is 43.7 Å². The van der Waals surface area contributed by atoms with E-state index in [1.165, 1.54) is 5.56 Å². The van der Waals surface area contributed by atoms with Crippen LogP contribution in [0.3, 0.4) is 0 Å². The van der Waals surface area contributed by atoms with Gasteiger partial charge in [-0.05, 0) is 42.9 Å². The second-order valence-electron chi connectivity index (χ2n) is 6.28. The molecule has 0 aliphatic heterocycles. The lowest BCUT2D eigenvalue weighted by Crippen LogP contribution is -2.35. The molecule has 1 amide bonds. The molecule has 0 aromatic heterocycles. The Morgan fingerprint density at radius 1 is 1.00 bits per heavy atom. The van der Waals surface area contributed by atoms with Crippen molar-refractivity contribution in [2.75, 3.05) is 5.73 Å². The van der Waals surface area contributed by atoms with Crippen molar-refractivity contribution in [3.8, 4) is 0 Å². The van der Waals surface area contributed by atoms with Crippen LogP contribution in [-0.2, 0) is 17.6 Å². The number of anilines is 1. The number of carbonyl (C=O) groups excluding carboxylic acids is 1. The van der Waals surface area contributed by atoms with Crippen molar-refractivity contribution < 1.29 is 4.79 Å². The molecule has 0 spiro atoms. The van der Waals surface area contributed by atoms with Gasteiger partial charge >= 0.3 is 0 Å². The van der Waals surface area contributed by atoms with E-state index in [-0.39, 0.29) is 11.9 Å². The van der Waals surface area contributed by atoms with E-state index in [0.29, 0.717) is 12.8 Å². The zero-order valence-corrected chi connectivity index (χ0v) is 14.5. The molecule has 0 fully saturated rings. The van der Waals surface area contributed by atoms with Gasteiger partial charge in [0.1, 0.15) is 0 Å². The predicted molar refractivity (Wildman–Crippen MR) is 101 cm³/mol. The standard InChI is InChI=1S/C21H28N2O/c1-2-8-19(15-13-17-9-4-3-5-10-17)23-21(24)16-14-18-11-6-7-12-20(18)22/h3-7,9-12,19H,2,8,13-16,22H2,1H3,(H,23,24). The maximum Gasteiger partial charge on any atom is 0.220 e. The van der Waals surface area contributed by atoms with Gasteiger partial charge in [-0.3, -0.25) is 4.79 Å². The highest BCUT2D eigenvalue weighted by Gasteiger charge is 2.12. The Labute approximate surface area is 145 Å². The average molecular weight is 324 g/mol. The number of aryl methyl sites for hydroxylation is 2. The minimum Gasteiger partial charge on any atom is -0.399 e. The lowest BCUT2D eigenvalue weighted by molar-refractivity contribution is -0.121. The van der Waals surface area contributed by atoms with Crippen molar-refractivity contribution in [2.24, 2.45) is 0 Å². The summed E-state index contributed by atoms with van der Waals surface area (Å²) in [6.07, 6.45) is 5.25. The van der Waals surface area contributed by atoms with E-state index in [0.717, 1.165) is 36.9 Å². The Bertz CT molecular complexity index is 625. The molecule has 3 heteroatoms. The fourth-order valence-corrected chi connectivity index (χ4v) is 2.93. The van der Waals surface area contributed by atoms with Crippen LogP contribution >= 0.6 is 0 Å². The first-order chi connectivity index (χ1) is 11.7. The van der Waals surface area contributed by atoms with Crippen molar-refractivity contribution >= 4 is 11.6 Å². The largest absolute Gasteiger partial charge is 0.399 e. The summed E-state index contributed by atoms with van der Waals surface area (Å²) in [6.45, 7) is 2.16. The molecular weight excluding hydrogens is 296 g/mol. The molecule has 2 aromatic rings. The molecule has 0 heterocycles. The smallest absolute Gasteiger partial charge is 0.220 e. The van der Waals surface area contributed by atoms with Crippen LogP contribution in [0.4, 0.5) is 5.69 Å². The number of rotatable bonds is 9. The molecule has 2 aromatic carbocycles. The van der Waals surface area contributed by atoms with E-state index < -0.39 is 0 Å². The van der Waals surface area contributed by atoms with E-state index in [2.05, 4.69) is 36.5 Å². The van der Waals surface area contributed by atoms with Gasteiger partial charge in [0, 0.05) is 18.2 Å². The number of nitrogens with one attached hydrogen (secondary N) is 1. The lowest BCUT2D eigenvalue weighted by Gasteiger charge is -2.18. The van der Waals surface area contributed by atoms with E-state index in [1.54, 1.807) is 0 Å². The Balaban J connectivity index is 1.80. The summed E-state index contributed by atoms with van der Waals surface area (Å²) in [5, 5.41) is 3.20. The first-order valence-corrected chi connectivity index (χ1v) is 8.85. The molecule has 3 N–H and O–H groups in total. The van der Waals surface area contributed by atoms with Gasteiger partial charge in [-0.2, -0.15) is 0 Å². The summed E-state index contributed by atoms with van der Waals surface area (Å²) in [6, 6.07) is 18.4. The zero-order valence-electron chi connectivity index (χ0n) is 14.5. The molecule has 3 nitrogen and oxygen atoms in total. The molecule has 0 bridgehead atoms. The van der Waals surface area contributed by atoms with Gasteiger partial charge in [0.2, 0.25) is 5.91 Å². The molecule has 1 atom stereocenters. The zero-order chi connectivity index (χ0) is 17.2. The third-order valence-corrected chi connectivity index (χ3v) is 4.30. The van der Waals surface area contributed by atoms with Gasteiger partial charge in [0.25, 0.3) is 0 Å². The van der Waals surface area contributed by atoms with Gasteiger partial charge in [-0.15, -0.1) is 0 Å². The van der Waals surface area contributed by atoms with Gasteiger partial charge in [-0.25, -0.2) is 0 Å². The Hall–Kier alpha value is -2.29. The highest BCUT2D eigenvalue weighted by atomic mass is 16.1. The summed E-state index contributed by atoms with van der Waals surface area (Å²) in [4.78, 5) is 12.3. The topological polar surface area (TPSA) is 55.1 Å². The molecule has 0 aliphatic rings. The summed E-state index contributed by atoms with van der Waals surface area (Å²) in [7, 11) is 0. The van der Waals surface area contributed by atoms with Crippen LogP contribution in [0.15, 0.2) is 54.6 Å². The normalized spacial score (nSPS) is 11.9. The Morgan fingerprint density at radius 2 is 1.71 bits per heavy atom. The van der Waals surface area contributed by atoms with Crippen molar-refractivity contribution in [3.63, 3.8) is 0 Å². The maximum absolute atomic E-state index is 12.3. The van der Waals surface area contributed by atoms with Crippen molar-refractivity contribution in [3.05, 3.63) is 65.7 Å². The third-order valence-electron chi connectivity index (χ3n) is 4.30. The summed E-state index contributed by atoms with van der Waals surface area (Å²) in [5.74, 6) is 0.116. The number of hydrogen-bond donors (Lipinski definition) is 2. The molecule has 24 heavy (non-hydrogen) atoms. The molecular formula is C21H28N2O. The number of benzene rings is 2. The molecule has 2 rings (SSSR count). The number of amides is 1. The van der Waals surface area contributed by atoms with E-state index in [4.69, 9.17) is 5.73 Å². The van der Waals surface area contributed by atoms with Gasteiger partial charge in [0.15, 0.2) is 0 Å². The highest BCUT2D eigenvalue weighted by Crippen LogP contribution is 2.13. The van der Waals surface area contributed by atoms with Gasteiger partial charge < -0.3 is 11.1 Å². The fraction of sp³-hybridized carbons (Fsp3) is 0.381. The van der Waals surface area contributed by atoms with Crippen LogP contribution in [0, 0.1) is 0 Å². The maximum atomic E-state index is 12.3. The lowest BCUT2D eigenvalue weighted by atomic mass is 10.0. The van der Waals surface area contributed by atoms with Crippen LogP contribution in [0.25, 0.3) is 0 Å². The number of nitrogen functional groups attached to an aromatic ring is 1. The van der Waals surface area contributed by atoms with E-state index in [9.17, 15) is 4.79 Å². The first-order valence-electron chi connectivity index (χ1n) is 8.85. The first kappa shape index (κ1) is 18.1. The Kier molecular flexibility index (Phi) is 7.34. The fourth-order valence-electron chi connectivity index (χ4n) is 2.93. The molecule has 0 radical (unpaired) electrons. The van der Waals surface area contributed by atoms with Gasteiger partial charge in [-0.1, -0.05) is 61.9 Å². The number of para-hydroxylation sites is 1. The van der Waals surface area contributed by atoms with Crippen molar-refractivity contribution in [1.82, 2.24) is 5.32 Å². The summed E-state index contributed by atoms with van der Waals surface area (Å²) < 4.78 is 0. The van der Waals surface area contributed by atoms with Gasteiger partial charge in [0.05, 0.1) is 0 Å². The minimum atomic E-state index is 0.116.